The minimum absolute atomic E-state index is 0.0710. The molecule has 1 rings (SSSR count). The summed E-state index contributed by atoms with van der Waals surface area (Å²) in [6.45, 7) is 0.371. The Bertz CT molecular complexity index is 226. The Balaban J connectivity index is 2.11. The van der Waals surface area contributed by atoms with Crippen molar-refractivity contribution in [3.63, 3.8) is 0 Å². The smallest absolute Gasteiger partial charge is 0.221 e. The molecular formula is C10H15NO2. The van der Waals surface area contributed by atoms with Crippen LogP contribution in [0.4, 0.5) is 0 Å². The summed E-state index contributed by atoms with van der Waals surface area (Å²) in [7, 11) is 0. The monoisotopic (exact) mass is 181 g/mol. The maximum Gasteiger partial charge on any atom is 0.221 e. The van der Waals surface area contributed by atoms with Crippen LogP contribution in [0.5, 0.6) is 0 Å². The lowest BCUT2D eigenvalue weighted by Gasteiger charge is -2.36. The van der Waals surface area contributed by atoms with Crippen molar-refractivity contribution in [1.29, 1.82) is 0 Å². The Kier molecular flexibility index (Phi) is 3.32. The molecule has 0 heterocycles. The van der Waals surface area contributed by atoms with Gasteiger partial charge in [-0.15, -0.1) is 12.3 Å². The van der Waals surface area contributed by atoms with Crippen LogP contribution in [0, 0.1) is 12.3 Å². The van der Waals surface area contributed by atoms with Gasteiger partial charge in [0.25, 0.3) is 0 Å². The molecule has 1 amide bonds. The topological polar surface area (TPSA) is 49.3 Å². The van der Waals surface area contributed by atoms with Crippen molar-refractivity contribution < 1.29 is 9.90 Å². The van der Waals surface area contributed by atoms with Crippen molar-refractivity contribution in [2.75, 3.05) is 6.54 Å². The molecule has 0 atom stereocenters. The van der Waals surface area contributed by atoms with E-state index in [9.17, 15) is 9.90 Å². The molecule has 1 fully saturated rings. The van der Waals surface area contributed by atoms with E-state index in [1.54, 1.807) is 0 Å². The van der Waals surface area contributed by atoms with Gasteiger partial charge in [-0.1, -0.05) is 0 Å². The molecule has 0 radical (unpaired) electrons. The highest BCUT2D eigenvalue weighted by atomic mass is 16.3. The number of hydrogen-bond acceptors (Lipinski definition) is 2. The first kappa shape index (κ1) is 10.1. The molecule has 0 aromatic rings. The number of rotatable bonds is 4. The largest absolute Gasteiger partial charge is 0.388 e. The molecule has 3 nitrogen and oxygen atoms in total. The lowest BCUT2D eigenvalue weighted by Crippen LogP contribution is -2.47. The first-order chi connectivity index (χ1) is 6.16. The second-order valence-electron chi connectivity index (χ2n) is 3.56. The lowest BCUT2D eigenvalue weighted by atomic mass is 9.80. The van der Waals surface area contributed by atoms with Gasteiger partial charge in [-0.05, 0) is 19.3 Å². The van der Waals surface area contributed by atoms with Crippen molar-refractivity contribution in [3.05, 3.63) is 0 Å². The number of nitrogens with one attached hydrogen (secondary N) is 1. The molecule has 0 aromatic heterocycles. The van der Waals surface area contributed by atoms with E-state index in [1.165, 1.54) is 0 Å². The minimum atomic E-state index is -0.633. The van der Waals surface area contributed by atoms with E-state index in [0.717, 1.165) is 19.3 Å². The molecule has 2 N–H and O–H groups in total. The lowest BCUT2D eigenvalue weighted by molar-refractivity contribution is -0.123. The Morgan fingerprint density at radius 1 is 1.62 bits per heavy atom. The molecule has 72 valence electrons. The van der Waals surface area contributed by atoms with Crippen LogP contribution in [-0.4, -0.2) is 23.2 Å². The van der Waals surface area contributed by atoms with Crippen LogP contribution in [0.2, 0.25) is 0 Å². The van der Waals surface area contributed by atoms with E-state index >= 15 is 0 Å². The van der Waals surface area contributed by atoms with Crippen LogP contribution in [0.1, 0.15) is 32.1 Å². The number of terminal acetylenes is 1. The summed E-state index contributed by atoms with van der Waals surface area (Å²) < 4.78 is 0. The van der Waals surface area contributed by atoms with Gasteiger partial charge in [0, 0.05) is 19.4 Å². The van der Waals surface area contributed by atoms with Crippen LogP contribution >= 0.6 is 0 Å². The fraction of sp³-hybridized carbons (Fsp3) is 0.700. The highest BCUT2D eigenvalue weighted by molar-refractivity contribution is 5.76. The summed E-state index contributed by atoms with van der Waals surface area (Å²) >= 11 is 0. The van der Waals surface area contributed by atoms with Gasteiger partial charge in [0.15, 0.2) is 0 Å². The molecular weight excluding hydrogens is 166 g/mol. The highest BCUT2D eigenvalue weighted by Gasteiger charge is 2.34. The Labute approximate surface area is 78.5 Å². The Morgan fingerprint density at radius 2 is 2.31 bits per heavy atom. The zero-order valence-electron chi connectivity index (χ0n) is 7.68. The van der Waals surface area contributed by atoms with Crippen molar-refractivity contribution in [3.8, 4) is 12.3 Å². The average molecular weight is 181 g/mol. The standard InChI is InChI=1S/C10H15NO2/c1-2-3-5-9(12)11-8-10(13)6-4-7-10/h1,13H,3-8H2,(H,11,12). The number of carbonyl (C=O) groups is 1. The van der Waals surface area contributed by atoms with Crippen LogP contribution in [0.15, 0.2) is 0 Å². The third kappa shape index (κ3) is 3.08. The average Bonchev–Trinajstić information content (AvgIpc) is 2.08. The van der Waals surface area contributed by atoms with E-state index < -0.39 is 5.60 Å². The van der Waals surface area contributed by atoms with Gasteiger partial charge in [-0.25, -0.2) is 0 Å². The first-order valence-electron chi connectivity index (χ1n) is 4.59. The van der Waals surface area contributed by atoms with E-state index in [4.69, 9.17) is 6.42 Å². The predicted molar refractivity (Wildman–Crippen MR) is 49.9 cm³/mol. The number of aliphatic hydroxyl groups is 1. The van der Waals surface area contributed by atoms with E-state index in [2.05, 4.69) is 11.2 Å². The molecule has 1 aliphatic rings. The van der Waals surface area contributed by atoms with Crippen LogP contribution in [0.3, 0.4) is 0 Å². The van der Waals surface area contributed by atoms with Gasteiger partial charge in [0.2, 0.25) is 5.91 Å². The minimum Gasteiger partial charge on any atom is -0.388 e. The second kappa shape index (κ2) is 4.29. The molecule has 3 heteroatoms. The van der Waals surface area contributed by atoms with Crippen molar-refractivity contribution in [2.45, 2.75) is 37.7 Å². The molecule has 0 aromatic carbocycles. The zero-order valence-corrected chi connectivity index (χ0v) is 7.68. The predicted octanol–water partition coefficient (Wildman–Crippen LogP) is 0.431. The fourth-order valence-corrected chi connectivity index (χ4v) is 1.30. The van der Waals surface area contributed by atoms with Gasteiger partial charge >= 0.3 is 0 Å². The van der Waals surface area contributed by atoms with Gasteiger partial charge in [0.1, 0.15) is 0 Å². The summed E-state index contributed by atoms with van der Waals surface area (Å²) in [5, 5.41) is 12.3. The molecule has 13 heavy (non-hydrogen) atoms. The highest BCUT2D eigenvalue weighted by Crippen LogP contribution is 2.30. The summed E-state index contributed by atoms with van der Waals surface area (Å²) in [6, 6.07) is 0. The van der Waals surface area contributed by atoms with E-state index in [1.807, 2.05) is 0 Å². The zero-order chi connectivity index (χ0) is 9.73. The van der Waals surface area contributed by atoms with Crippen molar-refractivity contribution >= 4 is 5.91 Å². The molecule has 1 saturated carbocycles. The third-order valence-electron chi connectivity index (χ3n) is 2.40. The maximum atomic E-state index is 11.1. The van der Waals surface area contributed by atoms with Crippen LogP contribution in [0.25, 0.3) is 0 Å². The molecule has 0 spiro atoms. The normalized spacial score (nSPS) is 18.5. The third-order valence-corrected chi connectivity index (χ3v) is 2.40. The van der Waals surface area contributed by atoms with Gasteiger partial charge in [-0.2, -0.15) is 0 Å². The van der Waals surface area contributed by atoms with Gasteiger partial charge < -0.3 is 10.4 Å². The first-order valence-corrected chi connectivity index (χ1v) is 4.59. The molecule has 0 bridgehead atoms. The Hall–Kier alpha value is -1.01. The number of amides is 1. The van der Waals surface area contributed by atoms with Gasteiger partial charge in [0.05, 0.1) is 5.60 Å². The summed E-state index contributed by atoms with van der Waals surface area (Å²) in [6.07, 6.45) is 8.47. The number of hydrogen-bond donors (Lipinski definition) is 2. The van der Waals surface area contributed by atoms with Crippen LogP contribution in [-0.2, 0) is 4.79 Å². The summed E-state index contributed by atoms with van der Waals surface area (Å²) in [5.41, 5.74) is -0.633. The van der Waals surface area contributed by atoms with Crippen LogP contribution < -0.4 is 5.32 Å². The van der Waals surface area contributed by atoms with E-state index in [-0.39, 0.29) is 5.91 Å². The summed E-state index contributed by atoms with van der Waals surface area (Å²) in [5.74, 6) is 2.33. The molecule has 0 aliphatic heterocycles. The molecule has 1 aliphatic carbocycles. The Morgan fingerprint density at radius 3 is 2.77 bits per heavy atom. The van der Waals surface area contributed by atoms with Crippen molar-refractivity contribution in [1.82, 2.24) is 5.32 Å². The SMILES string of the molecule is C#CCCC(=O)NCC1(O)CCC1. The summed E-state index contributed by atoms with van der Waals surface area (Å²) in [4.78, 5) is 11.1. The second-order valence-corrected chi connectivity index (χ2v) is 3.56. The van der Waals surface area contributed by atoms with E-state index in [0.29, 0.717) is 19.4 Å². The molecule has 0 saturated heterocycles. The maximum absolute atomic E-state index is 11.1. The van der Waals surface area contributed by atoms with Crippen molar-refractivity contribution in [2.24, 2.45) is 0 Å². The quantitative estimate of drug-likeness (QED) is 0.618. The number of carbonyl (C=O) groups excluding carboxylic acids is 1. The van der Waals surface area contributed by atoms with Gasteiger partial charge in [-0.3, -0.25) is 4.79 Å². The fourth-order valence-electron chi connectivity index (χ4n) is 1.30. The molecule has 0 unspecified atom stereocenters.